The molecule has 1 amide bonds. The number of amides is 1. The van der Waals surface area contributed by atoms with Gasteiger partial charge in [-0.05, 0) is 45.1 Å². The first-order valence-corrected chi connectivity index (χ1v) is 8.85. The number of aliphatic imine (C=N–C) groups is 2. The fraction of sp³-hybridized carbons (Fsp3) is 0.579. The first-order valence-electron chi connectivity index (χ1n) is 8.85. The third-order valence-electron chi connectivity index (χ3n) is 3.73. The number of hydrogen-bond acceptors (Lipinski definition) is 5. The Labute approximate surface area is 163 Å². The summed E-state index contributed by atoms with van der Waals surface area (Å²) in [7, 11) is 4.12. The number of carbonyl (C=O) groups is 1. The molecule has 6 nitrogen and oxygen atoms in total. The molecule has 1 aromatic rings. The van der Waals surface area contributed by atoms with Crippen molar-refractivity contribution in [2.24, 2.45) is 15.7 Å². The molecule has 146 valence electrons. The van der Waals surface area contributed by atoms with E-state index in [1.807, 2.05) is 24.0 Å². The van der Waals surface area contributed by atoms with Crippen LogP contribution >= 0.6 is 12.4 Å². The van der Waals surface area contributed by atoms with Crippen LogP contribution in [0.1, 0.15) is 30.9 Å². The summed E-state index contributed by atoms with van der Waals surface area (Å²) in [4.78, 5) is 23.4. The van der Waals surface area contributed by atoms with Crippen LogP contribution in [0.2, 0.25) is 0 Å². The second kappa shape index (κ2) is 14.4. The highest BCUT2D eigenvalue weighted by atomic mass is 35.5. The molecule has 1 heterocycles. The average molecular weight is 382 g/mol. The van der Waals surface area contributed by atoms with Crippen molar-refractivity contribution in [3.63, 3.8) is 0 Å². The summed E-state index contributed by atoms with van der Waals surface area (Å²) < 4.78 is 0. The van der Waals surface area contributed by atoms with Gasteiger partial charge in [-0.15, -0.1) is 12.4 Å². The molecule has 0 aliphatic carbocycles. The third kappa shape index (κ3) is 9.68. The number of nitrogens with zero attached hydrogens (tertiary/aromatic N) is 4. The Balaban J connectivity index is 0.000000479. The standard InChI is InChI=1S/C11H14N2O.C8H17N3.ClH/c12-6-5-11(14)13-7-9-3-1-2-4-10(9)8-13;1-4-9-8-10-6-5-7-11(2)3;/h1-4H,5-8,12H2;4-7H2,1-3H3;1H. The van der Waals surface area contributed by atoms with Gasteiger partial charge in [0.15, 0.2) is 0 Å². The minimum absolute atomic E-state index is 0. The smallest absolute Gasteiger partial charge is 0.224 e. The van der Waals surface area contributed by atoms with Gasteiger partial charge in [0.05, 0.1) is 12.6 Å². The highest BCUT2D eigenvalue weighted by molar-refractivity contribution is 5.85. The molecule has 0 radical (unpaired) electrons. The number of fused-ring (bicyclic) bond motifs is 1. The molecule has 2 rings (SSSR count). The minimum atomic E-state index is 0. The molecule has 7 heteroatoms. The monoisotopic (exact) mass is 381 g/mol. The summed E-state index contributed by atoms with van der Waals surface area (Å²) >= 11 is 0. The summed E-state index contributed by atoms with van der Waals surface area (Å²) in [5.41, 5.74) is 7.88. The van der Waals surface area contributed by atoms with E-state index < -0.39 is 0 Å². The van der Waals surface area contributed by atoms with Gasteiger partial charge < -0.3 is 15.5 Å². The molecule has 1 aliphatic rings. The van der Waals surface area contributed by atoms with Crippen LogP contribution in [0.5, 0.6) is 0 Å². The number of rotatable bonds is 7. The molecule has 0 unspecified atom stereocenters. The molecule has 0 atom stereocenters. The molecular weight excluding hydrogens is 350 g/mol. The van der Waals surface area contributed by atoms with Crippen molar-refractivity contribution in [1.29, 1.82) is 0 Å². The van der Waals surface area contributed by atoms with E-state index in [2.05, 4.69) is 47.1 Å². The molecule has 0 saturated heterocycles. The van der Waals surface area contributed by atoms with Crippen molar-refractivity contribution in [1.82, 2.24) is 9.80 Å². The van der Waals surface area contributed by atoms with Crippen LogP contribution in [-0.2, 0) is 17.9 Å². The van der Waals surface area contributed by atoms with Crippen LogP contribution < -0.4 is 5.73 Å². The molecule has 26 heavy (non-hydrogen) atoms. The van der Waals surface area contributed by atoms with Gasteiger partial charge in [0.1, 0.15) is 0 Å². The number of benzene rings is 1. The van der Waals surface area contributed by atoms with Crippen LogP contribution in [0, 0.1) is 0 Å². The zero-order valence-corrected chi connectivity index (χ0v) is 17.0. The lowest BCUT2D eigenvalue weighted by Gasteiger charge is -2.14. The Hall–Kier alpha value is -1.72. The van der Waals surface area contributed by atoms with Gasteiger partial charge >= 0.3 is 0 Å². The van der Waals surface area contributed by atoms with Gasteiger partial charge in [0.25, 0.3) is 0 Å². The van der Waals surface area contributed by atoms with Crippen LogP contribution in [0.3, 0.4) is 0 Å². The highest BCUT2D eigenvalue weighted by Gasteiger charge is 2.21. The number of carbonyl (C=O) groups excluding carboxylic acids is 1. The zero-order chi connectivity index (χ0) is 18.5. The Bertz CT molecular complexity index is 560. The predicted molar refractivity (Wildman–Crippen MR) is 110 cm³/mol. The molecule has 1 aromatic carbocycles. The Morgan fingerprint density at radius 1 is 1.23 bits per heavy atom. The van der Waals surface area contributed by atoms with E-state index in [0.29, 0.717) is 13.0 Å². The van der Waals surface area contributed by atoms with Gasteiger partial charge in [-0.2, -0.15) is 0 Å². The summed E-state index contributed by atoms with van der Waals surface area (Å²) in [6, 6.07) is 10.8. The fourth-order valence-electron chi connectivity index (χ4n) is 2.43. The van der Waals surface area contributed by atoms with Crippen LogP contribution in [0.4, 0.5) is 0 Å². The van der Waals surface area contributed by atoms with Gasteiger partial charge in [-0.1, -0.05) is 24.3 Å². The molecular formula is C19H32ClN5O. The lowest BCUT2D eigenvalue weighted by atomic mass is 10.1. The Morgan fingerprint density at radius 2 is 1.85 bits per heavy atom. The van der Waals surface area contributed by atoms with Crippen LogP contribution in [0.25, 0.3) is 0 Å². The molecule has 0 bridgehead atoms. The highest BCUT2D eigenvalue weighted by Crippen LogP contribution is 2.22. The van der Waals surface area contributed by atoms with E-state index in [-0.39, 0.29) is 18.3 Å². The molecule has 2 N–H and O–H groups in total. The number of halogens is 1. The van der Waals surface area contributed by atoms with Gasteiger partial charge in [-0.3, -0.25) is 4.79 Å². The van der Waals surface area contributed by atoms with E-state index in [4.69, 9.17) is 5.73 Å². The maximum atomic E-state index is 11.6. The SMILES string of the molecule is CCN=C=NCCCN(C)C.Cl.NCCC(=O)N1Cc2ccccc2C1. The summed E-state index contributed by atoms with van der Waals surface area (Å²) in [6.07, 6.45) is 1.53. The maximum Gasteiger partial charge on any atom is 0.224 e. The summed E-state index contributed by atoms with van der Waals surface area (Å²) in [5.74, 6) is 0.156. The van der Waals surface area contributed by atoms with Gasteiger partial charge in [0, 0.05) is 32.6 Å². The summed E-state index contributed by atoms with van der Waals surface area (Å²) in [6.45, 7) is 6.59. The Kier molecular flexibility index (Phi) is 13.5. The van der Waals surface area contributed by atoms with Crippen molar-refractivity contribution in [3.05, 3.63) is 35.4 Å². The van der Waals surface area contributed by atoms with E-state index in [1.54, 1.807) is 0 Å². The fourth-order valence-corrected chi connectivity index (χ4v) is 2.43. The van der Waals surface area contributed by atoms with Crippen molar-refractivity contribution in [3.8, 4) is 0 Å². The third-order valence-corrected chi connectivity index (χ3v) is 3.73. The van der Waals surface area contributed by atoms with Crippen molar-refractivity contribution in [2.75, 3.05) is 40.3 Å². The number of hydrogen-bond donors (Lipinski definition) is 1. The first-order chi connectivity index (χ1) is 12.1. The van der Waals surface area contributed by atoms with E-state index >= 15 is 0 Å². The normalized spacial score (nSPS) is 11.7. The average Bonchev–Trinajstić information content (AvgIpc) is 3.03. The van der Waals surface area contributed by atoms with Crippen LogP contribution in [0.15, 0.2) is 34.3 Å². The molecule has 0 spiro atoms. The molecule has 0 fully saturated rings. The lowest BCUT2D eigenvalue weighted by molar-refractivity contribution is -0.131. The van der Waals surface area contributed by atoms with Gasteiger partial charge in [-0.25, -0.2) is 9.98 Å². The molecule has 0 aromatic heterocycles. The first kappa shape index (κ1) is 24.3. The topological polar surface area (TPSA) is 74.3 Å². The van der Waals surface area contributed by atoms with E-state index in [1.165, 1.54) is 11.1 Å². The maximum absolute atomic E-state index is 11.6. The largest absolute Gasteiger partial charge is 0.334 e. The Morgan fingerprint density at radius 3 is 2.35 bits per heavy atom. The van der Waals surface area contributed by atoms with E-state index in [0.717, 1.165) is 39.1 Å². The second-order valence-corrected chi connectivity index (χ2v) is 6.17. The minimum Gasteiger partial charge on any atom is -0.334 e. The van der Waals surface area contributed by atoms with Crippen molar-refractivity contribution in [2.45, 2.75) is 32.9 Å². The van der Waals surface area contributed by atoms with Crippen molar-refractivity contribution >= 4 is 24.3 Å². The predicted octanol–water partition coefficient (Wildman–Crippen LogP) is 2.43. The molecule has 0 saturated carbocycles. The zero-order valence-electron chi connectivity index (χ0n) is 16.1. The van der Waals surface area contributed by atoms with Crippen LogP contribution in [-0.4, -0.2) is 62.0 Å². The molecule has 1 aliphatic heterocycles. The van der Waals surface area contributed by atoms with Crippen molar-refractivity contribution < 1.29 is 4.79 Å². The number of nitrogens with two attached hydrogens (primary N) is 1. The summed E-state index contributed by atoms with van der Waals surface area (Å²) in [5, 5.41) is 0. The van der Waals surface area contributed by atoms with Gasteiger partial charge in [0.2, 0.25) is 5.91 Å². The lowest BCUT2D eigenvalue weighted by Crippen LogP contribution is -2.27. The second-order valence-electron chi connectivity index (χ2n) is 6.17. The quantitative estimate of drug-likeness (QED) is 0.582. The van der Waals surface area contributed by atoms with E-state index in [9.17, 15) is 4.79 Å².